The van der Waals surface area contributed by atoms with Gasteiger partial charge in [-0.3, -0.25) is 9.59 Å². The third-order valence-electron chi connectivity index (χ3n) is 5.31. The number of carbonyl (C=O) groups is 2. The molecule has 126 valence electrons. The highest BCUT2D eigenvalue weighted by Gasteiger charge is 2.33. The van der Waals surface area contributed by atoms with E-state index in [0.29, 0.717) is 11.1 Å². The Morgan fingerprint density at radius 1 is 1.08 bits per heavy atom. The number of unbranched alkanes of at least 4 members (excludes halogenated alkanes) is 1. The van der Waals surface area contributed by atoms with Crippen molar-refractivity contribution < 1.29 is 9.59 Å². The molecule has 0 amide bonds. The lowest BCUT2D eigenvalue weighted by Crippen LogP contribution is -2.22. The van der Waals surface area contributed by atoms with Crippen LogP contribution >= 0.6 is 0 Å². The number of hydrogen-bond acceptors (Lipinski definition) is 2. The molecule has 1 N–H and O–H groups in total. The number of benzene rings is 1. The van der Waals surface area contributed by atoms with Crippen molar-refractivity contribution in [1.29, 1.82) is 0 Å². The highest BCUT2D eigenvalue weighted by Crippen LogP contribution is 2.36. The van der Waals surface area contributed by atoms with Gasteiger partial charge in [-0.1, -0.05) is 51.3 Å². The highest BCUT2D eigenvalue weighted by atomic mass is 16.2. The number of Topliss-reactive ketones (excluding diaryl/α,β-unsaturated/α-hetero) is 2. The maximum absolute atomic E-state index is 12.5. The fraction of sp³-hybridized carbons (Fsp3) is 0.429. The van der Waals surface area contributed by atoms with Crippen LogP contribution < -0.4 is 0 Å². The molecule has 0 saturated carbocycles. The van der Waals surface area contributed by atoms with Crippen molar-refractivity contribution >= 4 is 28.0 Å². The molecule has 3 heteroatoms. The van der Waals surface area contributed by atoms with E-state index in [9.17, 15) is 9.59 Å². The summed E-state index contributed by atoms with van der Waals surface area (Å²) in [5.74, 6) is 0.0331. The van der Waals surface area contributed by atoms with E-state index in [-0.39, 0.29) is 11.6 Å². The number of rotatable bonds is 6. The van der Waals surface area contributed by atoms with Gasteiger partial charge in [0.2, 0.25) is 11.6 Å². The Kier molecular flexibility index (Phi) is 4.70. The first-order chi connectivity index (χ1) is 11.5. The molecule has 0 aliphatic heterocycles. The Morgan fingerprint density at radius 3 is 2.58 bits per heavy atom. The summed E-state index contributed by atoms with van der Waals surface area (Å²) in [7, 11) is 0. The normalized spacial score (nSPS) is 16.0. The number of carbonyl (C=O) groups excluding carboxylic acids is 2. The van der Waals surface area contributed by atoms with Crippen LogP contribution in [0.5, 0.6) is 0 Å². The Labute approximate surface area is 143 Å². The number of ketones is 2. The van der Waals surface area contributed by atoms with E-state index in [4.69, 9.17) is 0 Å². The third-order valence-corrected chi connectivity index (χ3v) is 5.31. The van der Waals surface area contributed by atoms with Gasteiger partial charge in [-0.25, -0.2) is 0 Å². The second-order valence-corrected chi connectivity index (χ2v) is 6.94. The molecule has 1 aliphatic carbocycles. The lowest BCUT2D eigenvalue weighted by Gasteiger charge is -2.17. The zero-order valence-electron chi connectivity index (χ0n) is 14.7. The van der Waals surface area contributed by atoms with Gasteiger partial charge in [0, 0.05) is 16.5 Å². The second kappa shape index (κ2) is 6.76. The zero-order valence-corrected chi connectivity index (χ0v) is 14.7. The van der Waals surface area contributed by atoms with Crippen molar-refractivity contribution in [2.24, 2.45) is 5.92 Å². The van der Waals surface area contributed by atoms with Gasteiger partial charge < -0.3 is 4.98 Å². The Hall–Kier alpha value is -2.16. The molecular weight excluding hydrogens is 298 g/mol. The van der Waals surface area contributed by atoms with Crippen LogP contribution in [0.4, 0.5) is 0 Å². The van der Waals surface area contributed by atoms with Crippen LogP contribution in [0.2, 0.25) is 0 Å². The molecule has 0 bridgehead atoms. The number of para-hydroxylation sites is 1. The highest BCUT2D eigenvalue weighted by molar-refractivity contribution is 6.54. The summed E-state index contributed by atoms with van der Waals surface area (Å²) in [6, 6.07) is 7.72. The molecule has 24 heavy (non-hydrogen) atoms. The number of aromatic nitrogens is 1. The summed E-state index contributed by atoms with van der Waals surface area (Å²) in [5.41, 5.74) is 3.99. The molecule has 0 saturated heterocycles. The molecule has 1 aliphatic rings. The minimum atomic E-state index is -0.372. The molecule has 1 aromatic carbocycles. The minimum Gasteiger partial charge on any atom is -0.354 e. The topological polar surface area (TPSA) is 49.9 Å². The average Bonchev–Trinajstić information content (AvgIpc) is 2.98. The van der Waals surface area contributed by atoms with Crippen LogP contribution in [-0.4, -0.2) is 16.6 Å². The van der Waals surface area contributed by atoms with E-state index in [0.717, 1.165) is 47.4 Å². The SMILES string of the molecule is CC[C@H](C)CCCCC1=C(C)C(=O)C(=O)c2c1[nH]c1ccccc21. The number of hydrogen-bond donors (Lipinski definition) is 1. The largest absolute Gasteiger partial charge is 0.354 e. The van der Waals surface area contributed by atoms with Crippen molar-refractivity contribution in [2.45, 2.75) is 52.9 Å². The van der Waals surface area contributed by atoms with Crippen LogP contribution in [0.25, 0.3) is 16.5 Å². The van der Waals surface area contributed by atoms with Gasteiger partial charge in [0.1, 0.15) is 0 Å². The van der Waals surface area contributed by atoms with Gasteiger partial charge in [0.25, 0.3) is 0 Å². The summed E-state index contributed by atoms with van der Waals surface area (Å²) in [4.78, 5) is 28.3. The van der Waals surface area contributed by atoms with Gasteiger partial charge >= 0.3 is 0 Å². The van der Waals surface area contributed by atoms with E-state index in [1.54, 1.807) is 6.92 Å². The molecule has 1 aromatic heterocycles. The van der Waals surface area contributed by atoms with Crippen molar-refractivity contribution in [3.63, 3.8) is 0 Å². The first-order valence-electron chi connectivity index (χ1n) is 8.94. The maximum atomic E-state index is 12.5. The van der Waals surface area contributed by atoms with Gasteiger partial charge in [0.15, 0.2) is 0 Å². The monoisotopic (exact) mass is 323 g/mol. The van der Waals surface area contributed by atoms with Crippen LogP contribution in [0.1, 0.15) is 68.9 Å². The van der Waals surface area contributed by atoms with E-state index in [2.05, 4.69) is 18.8 Å². The summed E-state index contributed by atoms with van der Waals surface area (Å²) in [6.45, 7) is 6.29. The minimum absolute atomic E-state index is 0.343. The lowest BCUT2D eigenvalue weighted by molar-refractivity contribution is -0.111. The van der Waals surface area contributed by atoms with Gasteiger partial charge in [-0.2, -0.15) is 0 Å². The Morgan fingerprint density at radius 2 is 1.83 bits per heavy atom. The van der Waals surface area contributed by atoms with Crippen molar-refractivity contribution in [3.05, 3.63) is 41.1 Å². The van der Waals surface area contributed by atoms with Gasteiger partial charge in [-0.15, -0.1) is 0 Å². The Balaban J connectivity index is 1.91. The van der Waals surface area contributed by atoms with E-state index in [1.807, 2.05) is 24.3 Å². The van der Waals surface area contributed by atoms with Gasteiger partial charge in [0.05, 0.1) is 11.3 Å². The number of allylic oxidation sites excluding steroid dienone is 2. The molecule has 3 nitrogen and oxygen atoms in total. The number of H-pyrrole nitrogens is 1. The van der Waals surface area contributed by atoms with Crippen molar-refractivity contribution in [2.75, 3.05) is 0 Å². The van der Waals surface area contributed by atoms with Gasteiger partial charge in [-0.05, 0) is 37.3 Å². The number of nitrogens with one attached hydrogen (secondary N) is 1. The molecule has 1 atom stereocenters. The van der Waals surface area contributed by atoms with Crippen LogP contribution in [0.3, 0.4) is 0 Å². The fourth-order valence-corrected chi connectivity index (χ4v) is 3.52. The first kappa shape index (κ1) is 16.7. The predicted molar refractivity (Wildman–Crippen MR) is 98.2 cm³/mol. The summed E-state index contributed by atoms with van der Waals surface area (Å²) in [6.07, 6.45) is 5.48. The fourth-order valence-electron chi connectivity index (χ4n) is 3.52. The second-order valence-electron chi connectivity index (χ2n) is 6.94. The third kappa shape index (κ3) is 2.83. The van der Waals surface area contributed by atoms with Crippen LogP contribution in [-0.2, 0) is 4.79 Å². The molecule has 0 unspecified atom stereocenters. The summed E-state index contributed by atoms with van der Waals surface area (Å²) in [5, 5.41) is 0.857. The lowest BCUT2D eigenvalue weighted by atomic mass is 9.85. The first-order valence-corrected chi connectivity index (χ1v) is 8.94. The van der Waals surface area contributed by atoms with E-state index in [1.165, 1.54) is 12.8 Å². The van der Waals surface area contributed by atoms with Crippen molar-refractivity contribution in [3.8, 4) is 0 Å². The smallest absolute Gasteiger partial charge is 0.235 e. The quantitative estimate of drug-likeness (QED) is 0.578. The number of aromatic amines is 1. The van der Waals surface area contributed by atoms with Crippen molar-refractivity contribution in [1.82, 2.24) is 4.98 Å². The van der Waals surface area contributed by atoms with E-state index >= 15 is 0 Å². The molecule has 1 heterocycles. The standard InChI is InChI=1S/C21H25NO2/c1-4-13(2)9-5-6-10-15-14(3)20(23)21(24)18-16-11-7-8-12-17(16)22-19(15)18/h7-8,11-13,22H,4-6,9-10H2,1-3H3/t13-/m0/s1. The average molecular weight is 323 g/mol. The molecule has 3 rings (SSSR count). The van der Waals surface area contributed by atoms with Crippen LogP contribution in [0.15, 0.2) is 29.8 Å². The van der Waals surface area contributed by atoms with Crippen LogP contribution in [0, 0.1) is 5.92 Å². The van der Waals surface area contributed by atoms with E-state index < -0.39 is 0 Å². The predicted octanol–water partition coefficient (Wildman–Crippen LogP) is 5.31. The Bertz CT molecular complexity index is 825. The zero-order chi connectivity index (χ0) is 17.3. The molecule has 2 aromatic rings. The maximum Gasteiger partial charge on any atom is 0.235 e. The molecule has 0 radical (unpaired) electrons. The molecule has 0 spiro atoms. The molecule has 0 fully saturated rings. The number of fused-ring (bicyclic) bond motifs is 3. The molecular formula is C21H25NO2. The summed E-state index contributed by atoms with van der Waals surface area (Å²) < 4.78 is 0. The summed E-state index contributed by atoms with van der Waals surface area (Å²) >= 11 is 0.